The van der Waals surface area contributed by atoms with Crippen LogP contribution in [0.3, 0.4) is 0 Å². The summed E-state index contributed by atoms with van der Waals surface area (Å²) in [5.74, 6) is 1.34. The van der Waals surface area contributed by atoms with Crippen LogP contribution in [0.25, 0.3) is 0 Å². The molecule has 0 aromatic carbocycles. The van der Waals surface area contributed by atoms with Crippen molar-refractivity contribution >= 4 is 17.7 Å². The summed E-state index contributed by atoms with van der Waals surface area (Å²) < 4.78 is 2.11. The highest BCUT2D eigenvalue weighted by Gasteiger charge is 2.20. The van der Waals surface area contributed by atoms with Crippen molar-refractivity contribution in [3.63, 3.8) is 0 Å². The molecule has 0 atom stereocenters. The van der Waals surface area contributed by atoms with Gasteiger partial charge in [0.05, 0.1) is 5.75 Å². The van der Waals surface area contributed by atoms with E-state index in [1.165, 1.54) is 31.0 Å². The van der Waals surface area contributed by atoms with E-state index in [-0.39, 0.29) is 5.75 Å². The molecule has 1 aromatic heterocycles. The minimum atomic E-state index is -0.815. The van der Waals surface area contributed by atoms with Crippen LogP contribution in [0.1, 0.15) is 51.3 Å². The van der Waals surface area contributed by atoms with Gasteiger partial charge in [0.15, 0.2) is 5.16 Å². The molecule has 1 saturated carbocycles. The Morgan fingerprint density at radius 1 is 1.47 bits per heavy atom. The lowest BCUT2D eigenvalue weighted by atomic mass is 9.83. The monoisotopic (exact) mass is 283 g/mol. The maximum absolute atomic E-state index is 10.7. The van der Waals surface area contributed by atoms with E-state index in [2.05, 4.69) is 28.6 Å². The number of rotatable bonds is 7. The summed E-state index contributed by atoms with van der Waals surface area (Å²) in [5.41, 5.74) is 0. The van der Waals surface area contributed by atoms with Crippen molar-refractivity contribution in [1.82, 2.24) is 14.8 Å². The summed E-state index contributed by atoms with van der Waals surface area (Å²) in [5, 5.41) is 17.9. The number of hydrogen-bond donors (Lipinski definition) is 1. The van der Waals surface area contributed by atoms with Crippen LogP contribution in [0, 0.1) is 5.92 Å². The predicted octanol–water partition coefficient (Wildman–Crippen LogP) is 2.77. The maximum atomic E-state index is 10.7. The molecule has 1 heterocycles. The average molecular weight is 283 g/mol. The minimum absolute atomic E-state index is 0.0413. The van der Waals surface area contributed by atoms with Crippen molar-refractivity contribution in [2.24, 2.45) is 5.92 Å². The average Bonchev–Trinajstić information content (AvgIpc) is 2.67. The Bertz CT molecular complexity index is 441. The number of carboxylic acids is 1. The number of nitrogens with zero attached hydrogens (tertiary/aromatic N) is 3. The van der Waals surface area contributed by atoms with Gasteiger partial charge in [-0.1, -0.05) is 44.9 Å². The fourth-order valence-electron chi connectivity index (χ4n) is 2.26. The van der Waals surface area contributed by atoms with E-state index in [1.807, 2.05) is 0 Å². The van der Waals surface area contributed by atoms with E-state index in [0.717, 1.165) is 29.9 Å². The first-order valence-corrected chi connectivity index (χ1v) is 7.84. The number of carboxylic acid groups (broad SMARTS) is 1. The normalized spacial score (nSPS) is 15.7. The molecule has 1 aliphatic carbocycles. The Morgan fingerprint density at radius 2 is 2.21 bits per heavy atom. The molecule has 1 aromatic rings. The summed E-state index contributed by atoms with van der Waals surface area (Å²) in [7, 11) is 0. The summed E-state index contributed by atoms with van der Waals surface area (Å²) in [6.07, 6.45) is 5.16. The van der Waals surface area contributed by atoms with Crippen LogP contribution in [0.15, 0.2) is 5.16 Å². The van der Waals surface area contributed by atoms with Crippen LogP contribution in [0.2, 0.25) is 0 Å². The third-order valence-electron chi connectivity index (χ3n) is 3.57. The summed E-state index contributed by atoms with van der Waals surface area (Å²) in [6, 6.07) is 0. The lowest BCUT2D eigenvalue weighted by Gasteiger charge is -2.25. The lowest BCUT2D eigenvalue weighted by Crippen LogP contribution is -2.16. The topological polar surface area (TPSA) is 68.0 Å². The van der Waals surface area contributed by atoms with E-state index in [0.29, 0.717) is 5.92 Å². The summed E-state index contributed by atoms with van der Waals surface area (Å²) in [4.78, 5) is 10.7. The fourth-order valence-corrected chi connectivity index (χ4v) is 2.96. The molecule has 1 fully saturated rings. The first kappa shape index (κ1) is 14.4. The molecule has 0 amide bonds. The van der Waals surface area contributed by atoms with Crippen LogP contribution < -0.4 is 0 Å². The van der Waals surface area contributed by atoms with Crippen LogP contribution >= 0.6 is 11.8 Å². The molecule has 0 radical (unpaired) electrons. The molecule has 0 unspecified atom stereocenters. The van der Waals surface area contributed by atoms with Crippen LogP contribution in [-0.2, 0) is 11.3 Å². The Labute approximate surface area is 117 Å². The van der Waals surface area contributed by atoms with Crippen molar-refractivity contribution in [3.8, 4) is 0 Å². The number of carbonyl (C=O) groups is 1. The zero-order valence-electron chi connectivity index (χ0n) is 11.5. The highest BCUT2D eigenvalue weighted by Crippen LogP contribution is 2.31. The van der Waals surface area contributed by atoms with E-state index in [9.17, 15) is 4.79 Å². The zero-order valence-corrected chi connectivity index (χ0v) is 12.3. The molecular weight excluding hydrogens is 262 g/mol. The van der Waals surface area contributed by atoms with Gasteiger partial charge in [-0.05, 0) is 12.3 Å². The van der Waals surface area contributed by atoms with Crippen LogP contribution in [0.4, 0.5) is 0 Å². The largest absolute Gasteiger partial charge is 0.481 e. The van der Waals surface area contributed by atoms with Gasteiger partial charge in [-0.25, -0.2) is 0 Å². The van der Waals surface area contributed by atoms with Crippen molar-refractivity contribution in [1.29, 1.82) is 0 Å². The van der Waals surface area contributed by atoms with E-state index in [1.54, 1.807) is 0 Å². The lowest BCUT2D eigenvalue weighted by molar-refractivity contribution is -0.133. The number of aliphatic carboxylic acids is 1. The third kappa shape index (κ3) is 3.72. The molecule has 0 bridgehead atoms. The van der Waals surface area contributed by atoms with Crippen LogP contribution in [-0.4, -0.2) is 31.6 Å². The van der Waals surface area contributed by atoms with Crippen molar-refractivity contribution in [2.75, 3.05) is 5.75 Å². The summed E-state index contributed by atoms with van der Waals surface area (Å²) >= 11 is 1.26. The van der Waals surface area contributed by atoms with Gasteiger partial charge in [0.25, 0.3) is 0 Å². The first-order chi connectivity index (χ1) is 9.08. The Balaban J connectivity index is 2.05. The molecule has 6 heteroatoms. The van der Waals surface area contributed by atoms with Gasteiger partial charge in [-0.2, -0.15) is 0 Å². The van der Waals surface area contributed by atoms with Gasteiger partial charge in [-0.15, -0.1) is 10.2 Å². The molecular formula is C13H21N3O2S. The second kappa shape index (κ2) is 6.41. The Hall–Kier alpha value is -1.04. The van der Waals surface area contributed by atoms with Gasteiger partial charge in [0, 0.05) is 12.5 Å². The third-order valence-corrected chi connectivity index (χ3v) is 4.52. The second-order valence-corrected chi connectivity index (χ2v) is 6.36. The quantitative estimate of drug-likeness (QED) is 0.779. The molecule has 5 nitrogen and oxygen atoms in total. The molecule has 2 rings (SSSR count). The highest BCUT2D eigenvalue weighted by molar-refractivity contribution is 7.99. The van der Waals surface area contributed by atoms with Gasteiger partial charge >= 0.3 is 5.97 Å². The Morgan fingerprint density at radius 3 is 2.74 bits per heavy atom. The zero-order chi connectivity index (χ0) is 13.8. The standard InChI is InChI=1S/C13H21N3O2S/c1-9(2)12-14-15-13(19-8-11(17)18)16(12)7-6-10-4-3-5-10/h9-10H,3-8H2,1-2H3,(H,17,18). The molecule has 0 aliphatic heterocycles. The molecule has 1 N–H and O–H groups in total. The Kier molecular flexibility index (Phi) is 4.85. The van der Waals surface area contributed by atoms with Gasteiger partial charge in [0.2, 0.25) is 0 Å². The van der Waals surface area contributed by atoms with E-state index < -0.39 is 5.97 Å². The molecule has 1 aliphatic rings. The molecule has 0 spiro atoms. The van der Waals surface area contributed by atoms with Crippen molar-refractivity contribution in [2.45, 2.75) is 57.1 Å². The number of aromatic nitrogens is 3. The summed E-state index contributed by atoms with van der Waals surface area (Å²) in [6.45, 7) is 5.10. The fraction of sp³-hybridized carbons (Fsp3) is 0.769. The van der Waals surface area contributed by atoms with Gasteiger partial charge in [0.1, 0.15) is 5.82 Å². The maximum Gasteiger partial charge on any atom is 0.313 e. The SMILES string of the molecule is CC(C)c1nnc(SCC(=O)O)n1CCC1CCC1. The van der Waals surface area contributed by atoms with Gasteiger partial charge < -0.3 is 9.67 Å². The second-order valence-electron chi connectivity index (χ2n) is 5.42. The van der Waals surface area contributed by atoms with E-state index in [4.69, 9.17) is 5.11 Å². The highest BCUT2D eigenvalue weighted by atomic mass is 32.2. The minimum Gasteiger partial charge on any atom is -0.481 e. The van der Waals surface area contributed by atoms with E-state index >= 15 is 0 Å². The number of hydrogen-bond acceptors (Lipinski definition) is 4. The van der Waals surface area contributed by atoms with Crippen molar-refractivity contribution in [3.05, 3.63) is 5.82 Å². The smallest absolute Gasteiger partial charge is 0.313 e. The molecule has 106 valence electrons. The first-order valence-electron chi connectivity index (χ1n) is 6.85. The van der Waals surface area contributed by atoms with Crippen LogP contribution in [0.5, 0.6) is 0 Å². The van der Waals surface area contributed by atoms with Crippen molar-refractivity contribution < 1.29 is 9.90 Å². The molecule has 19 heavy (non-hydrogen) atoms. The van der Waals surface area contributed by atoms with Gasteiger partial charge in [-0.3, -0.25) is 4.79 Å². The number of thioether (sulfide) groups is 1. The predicted molar refractivity (Wildman–Crippen MR) is 74.4 cm³/mol. The molecule has 0 saturated heterocycles.